The quantitative estimate of drug-likeness (QED) is 0.719. The standard InChI is InChI=1S/C11H11BrO2/c12-9-3-1-2-8(6-9)11-4-5-13-7-10(11)14-11/h1-3,6,10H,4-5,7H2/t10-,11+/m0/s1. The highest BCUT2D eigenvalue weighted by Crippen LogP contribution is 2.51. The summed E-state index contributed by atoms with van der Waals surface area (Å²) in [5.74, 6) is 0. The lowest BCUT2D eigenvalue weighted by Gasteiger charge is -2.18. The number of fused-ring (bicyclic) bond motifs is 1. The van der Waals surface area contributed by atoms with Gasteiger partial charge in [0.25, 0.3) is 0 Å². The maximum absolute atomic E-state index is 5.76. The second-order valence-corrected chi connectivity index (χ2v) is 4.75. The van der Waals surface area contributed by atoms with Gasteiger partial charge in [-0.3, -0.25) is 0 Å². The van der Waals surface area contributed by atoms with Crippen molar-refractivity contribution in [1.82, 2.24) is 0 Å². The molecule has 3 rings (SSSR count). The van der Waals surface area contributed by atoms with Gasteiger partial charge < -0.3 is 9.47 Å². The van der Waals surface area contributed by atoms with Crippen LogP contribution in [0.5, 0.6) is 0 Å². The van der Waals surface area contributed by atoms with E-state index >= 15 is 0 Å². The van der Waals surface area contributed by atoms with E-state index in [1.165, 1.54) is 5.56 Å². The van der Waals surface area contributed by atoms with E-state index in [9.17, 15) is 0 Å². The molecular weight excluding hydrogens is 244 g/mol. The van der Waals surface area contributed by atoms with Crippen LogP contribution in [-0.4, -0.2) is 19.3 Å². The Morgan fingerprint density at radius 1 is 1.43 bits per heavy atom. The zero-order valence-electron chi connectivity index (χ0n) is 7.70. The van der Waals surface area contributed by atoms with Crippen LogP contribution >= 0.6 is 15.9 Å². The SMILES string of the molecule is Brc1cccc([C@]23CCOC[C@@H]2O3)c1. The van der Waals surface area contributed by atoms with Crippen molar-refractivity contribution >= 4 is 15.9 Å². The van der Waals surface area contributed by atoms with Gasteiger partial charge in [-0.25, -0.2) is 0 Å². The largest absolute Gasteiger partial charge is 0.378 e. The fourth-order valence-electron chi connectivity index (χ4n) is 2.17. The number of ether oxygens (including phenoxy) is 2. The van der Waals surface area contributed by atoms with E-state index < -0.39 is 0 Å². The molecule has 2 saturated heterocycles. The van der Waals surface area contributed by atoms with Gasteiger partial charge in [-0.2, -0.15) is 0 Å². The molecule has 0 radical (unpaired) electrons. The summed E-state index contributed by atoms with van der Waals surface area (Å²) in [6.45, 7) is 1.55. The van der Waals surface area contributed by atoms with Gasteiger partial charge in [-0.15, -0.1) is 0 Å². The summed E-state index contributed by atoms with van der Waals surface area (Å²) in [5.41, 5.74) is 1.25. The molecule has 0 amide bonds. The summed E-state index contributed by atoms with van der Waals surface area (Å²) < 4.78 is 12.2. The third-order valence-electron chi connectivity index (χ3n) is 3.02. The van der Waals surface area contributed by atoms with Crippen LogP contribution in [0.15, 0.2) is 28.7 Å². The highest BCUT2D eigenvalue weighted by atomic mass is 79.9. The smallest absolute Gasteiger partial charge is 0.124 e. The van der Waals surface area contributed by atoms with Crippen molar-refractivity contribution in [3.8, 4) is 0 Å². The Balaban J connectivity index is 1.95. The van der Waals surface area contributed by atoms with Gasteiger partial charge in [-0.1, -0.05) is 28.1 Å². The first-order chi connectivity index (χ1) is 6.81. The first-order valence-corrected chi connectivity index (χ1v) is 5.62. The zero-order valence-corrected chi connectivity index (χ0v) is 9.29. The van der Waals surface area contributed by atoms with E-state index in [1.54, 1.807) is 0 Å². The lowest BCUT2D eigenvalue weighted by atomic mass is 9.91. The minimum atomic E-state index is -0.0258. The molecule has 14 heavy (non-hydrogen) atoms. The van der Waals surface area contributed by atoms with Crippen LogP contribution in [0.3, 0.4) is 0 Å². The third-order valence-corrected chi connectivity index (χ3v) is 3.51. The summed E-state index contributed by atoms with van der Waals surface area (Å²) in [5, 5.41) is 0. The van der Waals surface area contributed by atoms with Crippen molar-refractivity contribution in [2.24, 2.45) is 0 Å². The number of hydrogen-bond acceptors (Lipinski definition) is 2. The Kier molecular flexibility index (Phi) is 1.94. The number of benzene rings is 1. The average molecular weight is 255 g/mol. The fraction of sp³-hybridized carbons (Fsp3) is 0.455. The Morgan fingerprint density at radius 2 is 2.36 bits per heavy atom. The monoisotopic (exact) mass is 254 g/mol. The summed E-state index contributed by atoms with van der Waals surface area (Å²) in [4.78, 5) is 0. The topological polar surface area (TPSA) is 21.8 Å². The fourth-order valence-corrected chi connectivity index (χ4v) is 2.57. The molecular formula is C11H11BrO2. The first-order valence-electron chi connectivity index (χ1n) is 4.83. The van der Waals surface area contributed by atoms with E-state index in [4.69, 9.17) is 9.47 Å². The van der Waals surface area contributed by atoms with Crippen LogP contribution in [0.4, 0.5) is 0 Å². The predicted molar refractivity (Wildman–Crippen MR) is 56.1 cm³/mol. The molecule has 2 aliphatic rings. The van der Waals surface area contributed by atoms with Gasteiger partial charge >= 0.3 is 0 Å². The Hall–Kier alpha value is -0.380. The van der Waals surface area contributed by atoms with Crippen LogP contribution in [0.25, 0.3) is 0 Å². The number of rotatable bonds is 1. The molecule has 2 heterocycles. The Morgan fingerprint density at radius 3 is 3.14 bits per heavy atom. The van der Waals surface area contributed by atoms with Crippen LogP contribution in [0.1, 0.15) is 12.0 Å². The van der Waals surface area contributed by atoms with Crippen molar-refractivity contribution in [3.63, 3.8) is 0 Å². The number of hydrogen-bond donors (Lipinski definition) is 0. The third kappa shape index (κ3) is 1.23. The molecule has 1 aromatic carbocycles. The maximum atomic E-state index is 5.76. The minimum Gasteiger partial charge on any atom is -0.378 e. The van der Waals surface area contributed by atoms with Crippen molar-refractivity contribution in [2.75, 3.05) is 13.2 Å². The first kappa shape index (κ1) is 8.89. The van der Waals surface area contributed by atoms with Gasteiger partial charge in [0, 0.05) is 17.5 Å². The molecule has 0 saturated carbocycles. The summed E-state index contributed by atoms with van der Waals surface area (Å²) in [6.07, 6.45) is 1.26. The molecule has 0 aromatic heterocycles. The number of epoxide rings is 1. The molecule has 2 fully saturated rings. The van der Waals surface area contributed by atoms with Crippen LogP contribution < -0.4 is 0 Å². The van der Waals surface area contributed by atoms with Gasteiger partial charge in [0.1, 0.15) is 11.7 Å². The average Bonchev–Trinajstić information content (AvgIpc) is 2.93. The van der Waals surface area contributed by atoms with E-state index in [1.807, 2.05) is 6.07 Å². The summed E-state index contributed by atoms with van der Waals surface area (Å²) in [7, 11) is 0. The molecule has 0 bridgehead atoms. The van der Waals surface area contributed by atoms with E-state index in [-0.39, 0.29) is 11.7 Å². The molecule has 1 aromatic rings. The second kappa shape index (κ2) is 3.05. The van der Waals surface area contributed by atoms with E-state index in [0.717, 1.165) is 24.1 Å². The van der Waals surface area contributed by atoms with Gasteiger partial charge in [-0.05, 0) is 17.7 Å². The van der Waals surface area contributed by atoms with Crippen molar-refractivity contribution < 1.29 is 9.47 Å². The van der Waals surface area contributed by atoms with Gasteiger partial charge in [0.05, 0.1) is 6.61 Å². The summed E-state index contributed by atoms with van der Waals surface area (Å²) >= 11 is 3.48. The molecule has 2 aliphatic heterocycles. The van der Waals surface area contributed by atoms with Crippen molar-refractivity contribution in [3.05, 3.63) is 34.3 Å². The highest BCUT2D eigenvalue weighted by molar-refractivity contribution is 9.10. The lowest BCUT2D eigenvalue weighted by molar-refractivity contribution is 0.0975. The van der Waals surface area contributed by atoms with Gasteiger partial charge in [0.2, 0.25) is 0 Å². The lowest BCUT2D eigenvalue weighted by Crippen LogP contribution is -2.24. The zero-order chi connectivity index (χ0) is 9.60. The van der Waals surface area contributed by atoms with Gasteiger partial charge in [0.15, 0.2) is 0 Å². The molecule has 0 unspecified atom stereocenters. The van der Waals surface area contributed by atoms with Crippen LogP contribution in [0, 0.1) is 0 Å². The molecule has 2 nitrogen and oxygen atoms in total. The molecule has 0 N–H and O–H groups in total. The molecule has 3 heteroatoms. The Labute approximate surface area is 91.3 Å². The number of halogens is 1. The normalized spacial score (nSPS) is 35.1. The Bertz CT molecular complexity index is 366. The van der Waals surface area contributed by atoms with E-state index in [0.29, 0.717) is 0 Å². The van der Waals surface area contributed by atoms with Crippen LogP contribution in [0.2, 0.25) is 0 Å². The van der Waals surface area contributed by atoms with E-state index in [2.05, 4.69) is 34.1 Å². The van der Waals surface area contributed by atoms with Crippen molar-refractivity contribution in [2.45, 2.75) is 18.1 Å². The minimum absolute atomic E-state index is 0.0258. The second-order valence-electron chi connectivity index (χ2n) is 3.83. The molecule has 74 valence electrons. The van der Waals surface area contributed by atoms with Crippen molar-refractivity contribution in [1.29, 1.82) is 0 Å². The molecule has 0 spiro atoms. The summed E-state index contributed by atoms with van der Waals surface area (Å²) in [6, 6.07) is 8.38. The predicted octanol–water partition coefficient (Wildman–Crippen LogP) is 2.46. The van der Waals surface area contributed by atoms with Crippen LogP contribution in [-0.2, 0) is 15.1 Å². The molecule has 2 atom stereocenters. The molecule has 0 aliphatic carbocycles. The maximum Gasteiger partial charge on any atom is 0.124 e. The highest BCUT2D eigenvalue weighted by Gasteiger charge is 2.59.